The zero-order chi connectivity index (χ0) is 36.5. The van der Waals surface area contributed by atoms with E-state index in [4.69, 9.17) is 9.97 Å². The van der Waals surface area contributed by atoms with Crippen molar-refractivity contribution in [1.29, 1.82) is 5.26 Å². The number of nitrogens with zero attached hydrogens (tertiary/aromatic N) is 9. The van der Waals surface area contributed by atoms with E-state index in [1.165, 1.54) is 0 Å². The van der Waals surface area contributed by atoms with Gasteiger partial charge in [0.1, 0.15) is 16.9 Å². The molecule has 272 valence electrons. The minimum Gasteiger partial charge on any atom is -0.387 e. The van der Waals surface area contributed by atoms with Gasteiger partial charge < -0.3 is 15.1 Å². The second kappa shape index (κ2) is 15.0. The Kier molecular flexibility index (Phi) is 9.85. The number of carbonyl (C=O) groups excluding carboxylic acids is 2. The van der Waals surface area contributed by atoms with Gasteiger partial charge in [-0.25, -0.2) is 9.50 Å². The zero-order valence-corrected chi connectivity index (χ0v) is 30.8. The SMILES string of the molecule is CNc1cc(-c2ccc3cc(C#N)cnn23)ncc1-c1nnc([C@H]2CC[C@H](N(C)CC3CCN(c4ccc([C@@H]5CCC(=O)NC5=O)cn4)CC3)CC2)s1. The molecule has 1 aliphatic carbocycles. The molecule has 0 radical (unpaired) electrons. The van der Waals surface area contributed by atoms with Crippen LogP contribution >= 0.6 is 11.3 Å². The van der Waals surface area contributed by atoms with Gasteiger partial charge in [-0.05, 0) is 93.8 Å². The maximum Gasteiger partial charge on any atom is 0.234 e. The number of anilines is 2. The molecule has 0 spiro atoms. The van der Waals surface area contributed by atoms with Gasteiger partial charge in [-0.3, -0.25) is 19.9 Å². The summed E-state index contributed by atoms with van der Waals surface area (Å²) < 4.78 is 1.80. The van der Waals surface area contributed by atoms with E-state index in [9.17, 15) is 14.9 Å². The molecule has 1 saturated carbocycles. The van der Waals surface area contributed by atoms with Crippen LogP contribution in [0.25, 0.3) is 27.5 Å². The monoisotopic (exact) mass is 729 g/mol. The Bertz CT molecular complexity index is 2160. The normalized spacial score (nSPS) is 21.2. The third-order valence-electron chi connectivity index (χ3n) is 11.3. The van der Waals surface area contributed by atoms with E-state index in [-0.39, 0.29) is 17.7 Å². The summed E-state index contributed by atoms with van der Waals surface area (Å²) in [6.07, 6.45) is 13.0. The second-order valence-electron chi connectivity index (χ2n) is 14.6. The summed E-state index contributed by atoms with van der Waals surface area (Å²) in [6, 6.07) is 14.5. The van der Waals surface area contributed by atoms with Crippen LogP contribution in [0, 0.1) is 17.2 Å². The van der Waals surface area contributed by atoms with Gasteiger partial charge in [-0.2, -0.15) is 10.4 Å². The van der Waals surface area contributed by atoms with E-state index in [1.807, 2.05) is 49.6 Å². The number of carbonyl (C=O) groups is 2. The molecule has 2 aliphatic heterocycles. The average Bonchev–Trinajstić information content (AvgIpc) is 3.86. The number of fused-ring (bicyclic) bond motifs is 1. The summed E-state index contributed by atoms with van der Waals surface area (Å²) >= 11 is 1.67. The van der Waals surface area contributed by atoms with Crippen molar-refractivity contribution in [3.05, 3.63) is 71.1 Å². The van der Waals surface area contributed by atoms with Crippen molar-refractivity contribution in [3.63, 3.8) is 0 Å². The lowest BCUT2D eigenvalue weighted by Gasteiger charge is -2.38. The third-order valence-corrected chi connectivity index (χ3v) is 12.4. The molecule has 0 aromatic carbocycles. The second-order valence-corrected chi connectivity index (χ2v) is 15.6. The lowest BCUT2D eigenvalue weighted by molar-refractivity contribution is -0.134. The first-order chi connectivity index (χ1) is 25.9. The molecule has 2 amide bonds. The number of hydrogen-bond acceptors (Lipinski definition) is 12. The van der Waals surface area contributed by atoms with Gasteiger partial charge in [-0.1, -0.05) is 17.4 Å². The van der Waals surface area contributed by atoms with Crippen molar-refractivity contribution in [2.75, 3.05) is 43.9 Å². The zero-order valence-electron chi connectivity index (χ0n) is 30.0. The van der Waals surface area contributed by atoms with Gasteiger partial charge in [0.2, 0.25) is 11.8 Å². The van der Waals surface area contributed by atoms with E-state index in [1.54, 1.807) is 28.2 Å². The number of hydrogen-bond donors (Lipinski definition) is 2. The van der Waals surface area contributed by atoms with E-state index >= 15 is 0 Å². The van der Waals surface area contributed by atoms with Crippen LogP contribution in [-0.2, 0) is 9.59 Å². The number of piperidine rings is 2. The molecule has 0 bridgehead atoms. The number of pyridine rings is 2. The number of amides is 2. The summed E-state index contributed by atoms with van der Waals surface area (Å²) in [4.78, 5) is 38.2. The van der Waals surface area contributed by atoms with Crippen molar-refractivity contribution in [2.45, 2.75) is 69.2 Å². The van der Waals surface area contributed by atoms with E-state index in [0.29, 0.717) is 36.3 Å². The Morgan fingerprint density at radius 3 is 2.55 bits per heavy atom. The Labute approximate surface area is 312 Å². The highest BCUT2D eigenvalue weighted by molar-refractivity contribution is 7.14. The van der Waals surface area contributed by atoms with E-state index < -0.39 is 0 Å². The molecular formula is C39H43N11O2S. The first kappa shape index (κ1) is 34.8. The third kappa shape index (κ3) is 7.23. The molecule has 53 heavy (non-hydrogen) atoms. The highest BCUT2D eigenvalue weighted by Crippen LogP contribution is 2.40. The van der Waals surface area contributed by atoms with Crippen molar-refractivity contribution < 1.29 is 9.59 Å². The molecule has 8 rings (SSSR count). The van der Waals surface area contributed by atoms with E-state index in [0.717, 1.165) is 108 Å². The molecular weight excluding hydrogens is 687 g/mol. The molecule has 13 nitrogen and oxygen atoms in total. The average molecular weight is 730 g/mol. The van der Waals surface area contributed by atoms with Gasteiger partial charge in [0.15, 0.2) is 5.01 Å². The van der Waals surface area contributed by atoms with E-state index in [2.05, 4.69) is 48.8 Å². The van der Waals surface area contributed by atoms with Crippen molar-refractivity contribution in [2.24, 2.45) is 5.92 Å². The standard InChI is InChI=1S/C39H43N11O2S/c1-41-32-18-33(34-10-8-29-17-25(19-40)20-44-50(29)34)42-22-31(32)39-47-46-38(53-39)26-3-6-28(7-4-26)48(2)23-24-13-15-49(16-14-24)35-11-5-27(21-43-35)30-9-12-36(51)45-37(30)52/h5,8,10-11,17-18,20-22,24,26,28,30H,3-4,6-7,9,12-16,23H2,1-2H3,(H,41,42)(H,45,51,52)/t26-,28-,30-/m0/s1. The molecule has 3 aliphatic rings. The van der Waals surface area contributed by atoms with Crippen molar-refractivity contribution >= 4 is 40.2 Å². The van der Waals surface area contributed by atoms with Gasteiger partial charge in [0.05, 0.1) is 40.1 Å². The topological polar surface area (TPSA) is 157 Å². The molecule has 3 fully saturated rings. The largest absolute Gasteiger partial charge is 0.387 e. The molecule has 14 heteroatoms. The summed E-state index contributed by atoms with van der Waals surface area (Å²) in [6.45, 7) is 3.07. The van der Waals surface area contributed by atoms with Crippen LogP contribution < -0.4 is 15.5 Å². The number of nitrogens with one attached hydrogen (secondary N) is 2. The van der Waals surface area contributed by atoms with Crippen LogP contribution in [0.4, 0.5) is 11.5 Å². The Morgan fingerprint density at radius 1 is 0.981 bits per heavy atom. The number of rotatable bonds is 9. The van der Waals surface area contributed by atoms with Crippen LogP contribution in [0.1, 0.15) is 79.3 Å². The fourth-order valence-corrected chi connectivity index (χ4v) is 9.24. The predicted molar refractivity (Wildman–Crippen MR) is 204 cm³/mol. The van der Waals surface area contributed by atoms with Crippen LogP contribution in [-0.4, -0.2) is 86.3 Å². The Morgan fingerprint density at radius 2 is 1.81 bits per heavy atom. The van der Waals surface area contributed by atoms with Crippen molar-refractivity contribution in [3.8, 4) is 28.0 Å². The molecule has 1 atom stereocenters. The Hall–Kier alpha value is -5.26. The van der Waals surface area contributed by atoms with Crippen molar-refractivity contribution in [1.82, 2.24) is 40.0 Å². The Balaban J connectivity index is 0.825. The van der Waals surface area contributed by atoms with Crippen LogP contribution in [0.5, 0.6) is 0 Å². The molecule has 0 unspecified atom stereocenters. The minimum atomic E-state index is -0.299. The van der Waals surface area contributed by atoms with Gasteiger partial charge in [-0.15, -0.1) is 10.2 Å². The number of nitriles is 1. The smallest absolute Gasteiger partial charge is 0.234 e. The van der Waals surface area contributed by atoms with Gasteiger partial charge in [0.25, 0.3) is 0 Å². The van der Waals surface area contributed by atoms with Crippen LogP contribution in [0.2, 0.25) is 0 Å². The highest BCUT2D eigenvalue weighted by Gasteiger charge is 2.31. The summed E-state index contributed by atoms with van der Waals surface area (Å²) in [7, 11) is 4.20. The highest BCUT2D eigenvalue weighted by atomic mass is 32.1. The number of aromatic nitrogens is 6. The quantitative estimate of drug-likeness (QED) is 0.182. The minimum absolute atomic E-state index is 0.194. The molecule has 2 saturated heterocycles. The van der Waals surface area contributed by atoms with Gasteiger partial charge in [0, 0.05) is 63.1 Å². The first-order valence-electron chi connectivity index (χ1n) is 18.5. The summed E-state index contributed by atoms with van der Waals surface area (Å²) in [5.41, 5.74) is 5.74. The predicted octanol–water partition coefficient (Wildman–Crippen LogP) is 5.62. The van der Waals surface area contributed by atoms with Crippen LogP contribution in [0.15, 0.2) is 55.0 Å². The number of imide groups is 1. The molecule has 2 N–H and O–H groups in total. The molecule has 5 aromatic rings. The maximum atomic E-state index is 12.3. The summed E-state index contributed by atoms with van der Waals surface area (Å²) in [5.74, 6) is 1.33. The fourth-order valence-electron chi connectivity index (χ4n) is 8.20. The fraction of sp³-hybridized carbons (Fsp3) is 0.436. The lowest BCUT2D eigenvalue weighted by Crippen LogP contribution is -2.42. The molecule has 7 heterocycles. The maximum absolute atomic E-state index is 12.3. The molecule has 5 aromatic heterocycles. The van der Waals surface area contributed by atoms with Gasteiger partial charge >= 0.3 is 0 Å². The summed E-state index contributed by atoms with van der Waals surface area (Å²) in [5, 5.41) is 30.7. The first-order valence-corrected chi connectivity index (χ1v) is 19.3. The van der Waals surface area contributed by atoms with Crippen LogP contribution in [0.3, 0.4) is 0 Å². The lowest BCUT2D eigenvalue weighted by atomic mass is 9.85.